The molecule has 0 N–H and O–H groups in total. The fraction of sp³-hybridized carbons (Fsp3) is 0.154. The van der Waals surface area contributed by atoms with Crippen LogP contribution in [0.1, 0.15) is 16.1 Å². The molecule has 0 aliphatic rings. The maximum atomic E-state index is 12.0. The number of thioether (sulfide) groups is 1. The van der Waals surface area contributed by atoms with Crippen molar-refractivity contribution < 1.29 is 4.79 Å². The van der Waals surface area contributed by atoms with Crippen molar-refractivity contribution in [1.29, 1.82) is 0 Å². The van der Waals surface area contributed by atoms with Crippen molar-refractivity contribution in [3.63, 3.8) is 0 Å². The van der Waals surface area contributed by atoms with Crippen molar-refractivity contribution in [3.05, 3.63) is 58.0 Å². The lowest BCUT2D eigenvalue weighted by atomic mass is 10.2. The van der Waals surface area contributed by atoms with Crippen molar-refractivity contribution in [2.45, 2.75) is 12.1 Å². The highest BCUT2D eigenvalue weighted by Crippen LogP contribution is 2.19. The number of rotatable bonds is 2. The van der Waals surface area contributed by atoms with Crippen LogP contribution >= 0.6 is 11.8 Å². The molecule has 2 aromatic rings. The Bertz CT molecular complexity index is 635. The van der Waals surface area contributed by atoms with Gasteiger partial charge >= 0.3 is 0 Å². The van der Waals surface area contributed by atoms with Crippen LogP contribution in [0.25, 0.3) is 0 Å². The van der Waals surface area contributed by atoms with Crippen LogP contribution in [0.3, 0.4) is 0 Å². The molecule has 1 aromatic carbocycles. The number of carbonyl (C=O) groups excluding carboxylic acids is 1. The lowest BCUT2D eigenvalue weighted by Crippen LogP contribution is -2.20. The molecule has 0 radical (unpaired) electrons. The molecule has 1 aromatic heterocycles. The normalized spacial score (nSPS) is 10.3. The van der Waals surface area contributed by atoms with Gasteiger partial charge in [-0.1, -0.05) is 30.3 Å². The Labute approximate surface area is 109 Å². The molecule has 0 atom stereocenters. The first-order chi connectivity index (χ1) is 8.58. The molecular weight excluding hydrogens is 248 g/mol. The van der Waals surface area contributed by atoms with E-state index in [4.69, 9.17) is 0 Å². The predicted octanol–water partition coefficient (Wildman–Crippen LogP) is 2.02. The summed E-state index contributed by atoms with van der Waals surface area (Å²) < 4.78 is 1.37. The maximum Gasteiger partial charge on any atom is 0.254 e. The van der Waals surface area contributed by atoms with Crippen LogP contribution in [0.2, 0.25) is 0 Å². The Morgan fingerprint density at radius 1 is 1.28 bits per heavy atom. The Hall–Kier alpha value is -1.88. The van der Waals surface area contributed by atoms with E-state index in [0.29, 0.717) is 16.4 Å². The first-order valence-corrected chi connectivity index (χ1v) is 6.21. The molecule has 0 amide bonds. The van der Waals surface area contributed by atoms with E-state index < -0.39 is 0 Å². The van der Waals surface area contributed by atoms with Crippen LogP contribution in [-0.2, 0) is 7.05 Å². The zero-order valence-electron chi connectivity index (χ0n) is 10.1. The van der Waals surface area contributed by atoms with E-state index in [0.717, 1.165) is 11.8 Å². The van der Waals surface area contributed by atoms with E-state index in [1.165, 1.54) is 10.6 Å². The highest BCUT2D eigenvalue weighted by molar-refractivity contribution is 8.14. The van der Waals surface area contributed by atoms with Gasteiger partial charge in [0.25, 0.3) is 5.56 Å². The Morgan fingerprint density at radius 2 is 1.94 bits per heavy atom. The number of benzene rings is 1. The molecule has 0 spiro atoms. The lowest BCUT2D eigenvalue weighted by Gasteiger charge is -2.06. The molecule has 92 valence electrons. The van der Waals surface area contributed by atoms with E-state index in [9.17, 15) is 9.59 Å². The largest absolute Gasteiger partial charge is 0.290 e. The van der Waals surface area contributed by atoms with Crippen molar-refractivity contribution in [2.24, 2.45) is 7.05 Å². The van der Waals surface area contributed by atoms with E-state index in [-0.39, 0.29) is 10.7 Å². The topological polar surface area (TPSA) is 52.0 Å². The third kappa shape index (κ3) is 2.68. The summed E-state index contributed by atoms with van der Waals surface area (Å²) in [4.78, 5) is 27.8. The molecule has 0 aliphatic carbocycles. The van der Waals surface area contributed by atoms with Crippen LogP contribution in [0, 0.1) is 6.92 Å². The fourth-order valence-corrected chi connectivity index (χ4v) is 2.27. The summed E-state index contributed by atoms with van der Waals surface area (Å²) in [5.41, 5.74) is 1.05. The summed E-state index contributed by atoms with van der Waals surface area (Å²) in [5, 5.41) is 0.289. The molecule has 5 heteroatoms. The van der Waals surface area contributed by atoms with E-state index in [2.05, 4.69) is 4.98 Å². The second-order valence-corrected chi connectivity index (χ2v) is 4.77. The zero-order chi connectivity index (χ0) is 13.1. The van der Waals surface area contributed by atoms with E-state index in [1.807, 2.05) is 6.07 Å². The number of nitrogens with zero attached hydrogens (tertiary/aromatic N) is 2. The highest BCUT2D eigenvalue weighted by Gasteiger charge is 2.12. The van der Waals surface area contributed by atoms with Gasteiger partial charge in [0.15, 0.2) is 5.16 Å². The van der Waals surface area contributed by atoms with Crippen molar-refractivity contribution in [2.75, 3.05) is 0 Å². The molecular formula is C13H12N2O2S. The van der Waals surface area contributed by atoms with Gasteiger partial charge in [-0.05, 0) is 18.7 Å². The summed E-state index contributed by atoms with van der Waals surface area (Å²) >= 11 is 0.965. The summed E-state index contributed by atoms with van der Waals surface area (Å²) in [6.07, 6.45) is 0. The molecule has 1 heterocycles. The average Bonchev–Trinajstić information content (AvgIpc) is 2.36. The monoisotopic (exact) mass is 260 g/mol. The van der Waals surface area contributed by atoms with Crippen molar-refractivity contribution in [1.82, 2.24) is 9.55 Å². The smallest absolute Gasteiger partial charge is 0.254 e. The van der Waals surface area contributed by atoms with Crippen LogP contribution in [0.4, 0.5) is 0 Å². The summed E-state index contributed by atoms with van der Waals surface area (Å²) in [5.74, 6) is 0. The highest BCUT2D eigenvalue weighted by atomic mass is 32.2. The lowest BCUT2D eigenvalue weighted by molar-refractivity contribution is 0.108. The summed E-state index contributed by atoms with van der Waals surface area (Å²) in [6, 6.07) is 10.4. The second-order valence-electron chi connectivity index (χ2n) is 3.83. The molecule has 0 bridgehead atoms. The Balaban J connectivity index is 2.30. The van der Waals surface area contributed by atoms with Crippen LogP contribution in [-0.4, -0.2) is 14.7 Å². The third-order valence-corrected chi connectivity index (χ3v) is 3.38. The first-order valence-electron chi connectivity index (χ1n) is 5.40. The van der Waals surface area contributed by atoms with Crippen molar-refractivity contribution in [3.8, 4) is 0 Å². The third-order valence-electron chi connectivity index (χ3n) is 2.42. The van der Waals surface area contributed by atoms with Gasteiger partial charge in [0.05, 0.1) is 0 Å². The Kier molecular flexibility index (Phi) is 3.62. The molecule has 0 aliphatic heterocycles. The van der Waals surface area contributed by atoms with Gasteiger partial charge in [0, 0.05) is 24.4 Å². The fourth-order valence-electron chi connectivity index (χ4n) is 1.44. The van der Waals surface area contributed by atoms with Gasteiger partial charge in [0.1, 0.15) is 0 Å². The van der Waals surface area contributed by atoms with Gasteiger partial charge in [-0.25, -0.2) is 4.98 Å². The van der Waals surface area contributed by atoms with Crippen molar-refractivity contribution >= 4 is 16.9 Å². The number of hydrogen-bond acceptors (Lipinski definition) is 4. The van der Waals surface area contributed by atoms with Crippen LogP contribution in [0.5, 0.6) is 0 Å². The van der Waals surface area contributed by atoms with Gasteiger partial charge in [-0.15, -0.1) is 0 Å². The minimum atomic E-state index is -0.161. The molecule has 0 unspecified atom stereocenters. The van der Waals surface area contributed by atoms with Crippen LogP contribution < -0.4 is 5.56 Å². The molecule has 18 heavy (non-hydrogen) atoms. The molecule has 0 fully saturated rings. The van der Waals surface area contributed by atoms with E-state index >= 15 is 0 Å². The minimum absolute atomic E-state index is 0.122. The predicted molar refractivity (Wildman–Crippen MR) is 70.8 cm³/mol. The molecule has 4 nitrogen and oxygen atoms in total. The summed E-state index contributed by atoms with van der Waals surface area (Å²) in [7, 11) is 1.61. The quantitative estimate of drug-likeness (QED) is 0.612. The Morgan fingerprint density at radius 3 is 2.61 bits per heavy atom. The van der Waals surface area contributed by atoms with Crippen LogP contribution in [0.15, 0.2) is 46.3 Å². The molecule has 2 rings (SSSR count). The molecule has 0 saturated carbocycles. The number of hydrogen-bond donors (Lipinski definition) is 0. The first kappa shape index (κ1) is 12.6. The summed E-state index contributed by atoms with van der Waals surface area (Å²) in [6.45, 7) is 1.73. The number of aryl methyl sites for hydroxylation is 1. The van der Waals surface area contributed by atoms with Gasteiger partial charge < -0.3 is 0 Å². The minimum Gasteiger partial charge on any atom is -0.290 e. The SMILES string of the molecule is Cc1cc(=O)n(C)c(SC(=O)c2ccccc2)n1. The average molecular weight is 260 g/mol. The zero-order valence-corrected chi connectivity index (χ0v) is 10.9. The number of aromatic nitrogens is 2. The van der Waals surface area contributed by atoms with Gasteiger partial charge in [-0.3, -0.25) is 14.2 Å². The van der Waals surface area contributed by atoms with E-state index in [1.54, 1.807) is 38.2 Å². The maximum absolute atomic E-state index is 12.0. The number of carbonyl (C=O) groups is 1. The standard InChI is InChI=1S/C13H12N2O2S/c1-9-8-11(16)15(2)13(14-9)18-12(17)10-6-4-3-5-7-10/h3-8H,1-2H3. The van der Waals surface area contributed by atoms with Gasteiger partial charge in [0.2, 0.25) is 5.12 Å². The van der Waals surface area contributed by atoms with Gasteiger partial charge in [-0.2, -0.15) is 0 Å². The second kappa shape index (κ2) is 5.18. The molecule has 0 saturated heterocycles.